The molecular weight excluding hydrogens is 626 g/mol. The molecule has 0 saturated carbocycles. The molecule has 0 spiro atoms. The Kier molecular flexibility index (Phi) is 8.87. The second kappa shape index (κ2) is 13.9. The molecule has 0 saturated heterocycles. The van der Waals surface area contributed by atoms with E-state index < -0.39 is 11.6 Å². The van der Waals surface area contributed by atoms with E-state index in [0.717, 1.165) is 27.8 Å². The summed E-state index contributed by atoms with van der Waals surface area (Å²) in [6.45, 7) is 0. The lowest BCUT2D eigenvalue weighted by atomic mass is 9.89. The molecule has 0 aliphatic carbocycles. The molecule has 0 fully saturated rings. The van der Waals surface area contributed by atoms with Gasteiger partial charge in [0.05, 0.1) is 0 Å². The van der Waals surface area contributed by atoms with Crippen LogP contribution in [0.2, 0.25) is 0 Å². The summed E-state index contributed by atoms with van der Waals surface area (Å²) < 4.78 is 26.8. The Morgan fingerprint density at radius 2 is 0.660 bits per heavy atom. The van der Waals surface area contributed by atoms with E-state index in [-0.39, 0.29) is 17.3 Å². The van der Waals surface area contributed by atoms with E-state index in [2.05, 4.69) is 0 Å². The maximum Gasteiger partial charge on any atom is 0.193 e. The van der Waals surface area contributed by atoms with Crippen LogP contribution in [0, 0.1) is 11.6 Å². The predicted octanol–water partition coefficient (Wildman–Crippen LogP) is 10.7. The summed E-state index contributed by atoms with van der Waals surface area (Å²) in [5, 5.41) is 0. The van der Waals surface area contributed by atoms with Crippen molar-refractivity contribution in [1.29, 1.82) is 0 Å². The third-order valence-corrected chi connectivity index (χ3v) is 8.67. The van der Waals surface area contributed by atoms with Crippen molar-refractivity contribution in [2.24, 2.45) is 0 Å². The highest BCUT2D eigenvalue weighted by Crippen LogP contribution is 2.32. The van der Waals surface area contributed by atoms with Crippen molar-refractivity contribution in [3.63, 3.8) is 0 Å². The first-order valence-corrected chi connectivity index (χ1v) is 16.0. The Labute approximate surface area is 288 Å². The van der Waals surface area contributed by atoms with Crippen LogP contribution in [0.1, 0.15) is 47.8 Å². The van der Waals surface area contributed by atoms with Gasteiger partial charge >= 0.3 is 0 Å². The number of ketones is 3. The second-order valence-corrected chi connectivity index (χ2v) is 11.9. The summed E-state index contributed by atoms with van der Waals surface area (Å²) in [6, 6.07) is 48.0. The molecule has 0 atom stereocenters. The van der Waals surface area contributed by atoms with E-state index in [9.17, 15) is 23.2 Å². The molecule has 0 aliphatic rings. The summed E-state index contributed by atoms with van der Waals surface area (Å²) in [4.78, 5) is 40.3. The molecule has 7 aromatic carbocycles. The number of hydrogen-bond acceptors (Lipinski definition) is 3. The fraction of sp³-hybridized carbons (Fsp3) is 0. The van der Waals surface area contributed by atoms with Crippen molar-refractivity contribution in [3.8, 4) is 33.4 Å². The van der Waals surface area contributed by atoms with Crippen molar-refractivity contribution >= 4 is 17.3 Å². The molecule has 5 heteroatoms. The number of carbonyl (C=O) groups is 3. The first-order chi connectivity index (χ1) is 24.3. The van der Waals surface area contributed by atoms with Gasteiger partial charge < -0.3 is 0 Å². The van der Waals surface area contributed by atoms with Gasteiger partial charge in [0.15, 0.2) is 17.3 Å². The highest BCUT2D eigenvalue weighted by molar-refractivity contribution is 6.14. The van der Waals surface area contributed by atoms with Crippen LogP contribution < -0.4 is 0 Å². The molecule has 0 heterocycles. The molecule has 0 radical (unpaired) electrons. The first kappa shape index (κ1) is 32.0. The maximum atomic E-state index is 14.2. The standard InChI is InChI=1S/C45H28F2O3/c46-39-23-18-35(19-24-39)43(48)33-12-8-31(9-13-33)38-22-27-41(32-10-16-34(17-11-32)44(49)36-20-25-40(47)26-21-36)42(28-38)45(50)37-14-6-30(7-15-37)29-4-2-1-3-5-29/h1-28H. The van der Waals surface area contributed by atoms with Crippen LogP contribution in [-0.4, -0.2) is 17.3 Å². The third kappa shape index (κ3) is 6.71. The van der Waals surface area contributed by atoms with Gasteiger partial charge in [-0.25, -0.2) is 8.78 Å². The second-order valence-electron chi connectivity index (χ2n) is 11.9. The van der Waals surface area contributed by atoms with E-state index in [1.165, 1.54) is 48.5 Å². The molecular formula is C45H28F2O3. The normalized spacial score (nSPS) is 10.8. The average molecular weight is 655 g/mol. The van der Waals surface area contributed by atoms with E-state index in [4.69, 9.17) is 0 Å². The topological polar surface area (TPSA) is 51.2 Å². The molecule has 0 N–H and O–H groups in total. The first-order valence-electron chi connectivity index (χ1n) is 16.0. The van der Waals surface area contributed by atoms with E-state index in [1.54, 1.807) is 36.4 Å². The van der Waals surface area contributed by atoms with Crippen LogP contribution in [0.25, 0.3) is 33.4 Å². The Bertz CT molecular complexity index is 2330. The van der Waals surface area contributed by atoms with Gasteiger partial charge in [-0.1, -0.05) is 115 Å². The highest BCUT2D eigenvalue weighted by Gasteiger charge is 2.18. The van der Waals surface area contributed by atoms with E-state index in [1.807, 2.05) is 84.9 Å². The minimum Gasteiger partial charge on any atom is -0.289 e. The van der Waals surface area contributed by atoms with Gasteiger partial charge in [0.2, 0.25) is 0 Å². The van der Waals surface area contributed by atoms with Crippen molar-refractivity contribution in [1.82, 2.24) is 0 Å². The van der Waals surface area contributed by atoms with Crippen molar-refractivity contribution in [2.75, 3.05) is 0 Å². The third-order valence-electron chi connectivity index (χ3n) is 8.67. The van der Waals surface area contributed by atoms with Crippen molar-refractivity contribution < 1.29 is 23.2 Å². The molecule has 240 valence electrons. The maximum absolute atomic E-state index is 14.2. The lowest BCUT2D eigenvalue weighted by molar-refractivity contribution is 0.103. The minimum absolute atomic E-state index is 0.170. The van der Waals surface area contributed by atoms with Crippen molar-refractivity contribution in [2.45, 2.75) is 0 Å². The smallest absolute Gasteiger partial charge is 0.193 e. The van der Waals surface area contributed by atoms with Crippen LogP contribution in [-0.2, 0) is 0 Å². The molecule has 0 bridgehead atoms. The van der Waals surface area contributed by atoms with E-state index in [0.29, 0.717) is 38.9 Å². The SMILES string of the molecule is O=C(c1ccc(F)cc1)c1ccc(-c2ccc(-c3ccc(C(=O)c4ccc(F)cc4)cc3)c(C(=O)c3ccc(-c4ccccc4)cc3)c2)cc1. The molecule has 50 heavy (non-hydrogen) atoms. The van der Waals surface area contributed by atoms with Gasteiger partial charge in [-0.2, -0.15) is 0 Å². The van der Waals surface area contributed by atoms with E-state index >= 15 is 0 Å². The molecule has 7 aromatic rings. The Balaban J connectivity index is 1.23. The lowest BCUT2D eigenvalue weighted by Gasteiger charge is -2.14. The molecule has 0 aliphatic heterocycles. The van der Waals surface area contributed by atoms with Crippen LogP contribution in [0.15, 0.2) is 170 Å². The number of carbonyl (C=O) groups excluding carboxylic acids is 3. The van der Waals surface area contributed by atoms with Gasteiger partial charge in [0.25, 0.3) is 0 Å². The van der Waals surface area contributed by atoms with Crippen LogP contribution in [0.5, 0.6) is 0 Å². The zero-order valence-corrected chi connectivity index (χ0v) is 26.6. The fourth-order valence-corrected chi connectivity index (χ4v) is 5.91. The number of benzene rings is 7. The lowest BCUT2D eigenvalue weighted by Crippen LogP contribution is -2.05. The van der Waals surface area contributed by atoms with Gasteiger partial charge in [0, 0.05) is 33.4 Å². The molecule has 0 aromatic heterocycles. The van der Waals surface area contributed by atoms with Gasteiger partial charge in [-0.05, 0) is 88.0 Å². The van der Waals surface area contributed by atoms with Gasteiger partial charge in [-0.15, -0.1) is 0 Å². The molecule has 0 unspecified atom stereocenters. The zero-order chi connectivity index (χ0) is 34.6. The largest absolute Gasteiger partial charge is 0.289 e. The summed E-state index contributed by atoms with van der Waals surface area (Å²) in [5.74, 6) is -1.45. The fourth-order valence-electron chi connectivity index (χ4n) is 5.91. The zero-order valence-electron chi connectivity index (χ0n) is 26.6. The molecule has 7 rings (SSSR count). The Hall–Kier alpha value is -6.59. The summed E-state index contributed by atoms with van der Waals surface area (Å²) in [5.41, 5.74) is 7.72. The number of halogens is 2. The Morgan fingerprint density at radius 1 is 0.320 bits per heavy atom. The van der Waals surface area contributed by atoms with Crippen molar-refractivity contribution in [3.05, 3.63) is 215 Å². The monoisotopic (exact) mass is 654 g/mol. The minimum atomic E-state index is -0.415. The van der Waals surface area contributed by atoms with Gasteiger partial charge in [-0.3, -0.25) is 14.4 Å². The average Bonchev–Trinajstić information content (AvgIpc) is 3.18. The van der Waals surface area contributed by atoms with Crippen LogP contribution in [0.4, 0.5) is 8.78 Å². The number of hydrogen-bond donors (Lipinski definition) is 0. The summed E-state index contributed by atoms with van der Waals surface area (Å²) in [6.07, 6.45) is 0. The molecule has 0 amide bonds. The quantitative estimate of drug-likeness (QED) is 0.146. The predicted molar refractivity (Wildman–Crippen MR) is 192 cm³/mol. The number of rotatable bonds is 9. The highest BCUT2D eigenvalue weighted by atomic mass is 19.1. The Morgan fingerprint density at radius 3 is 1.12 bits per heavy atom. The summed E-state index contributed by atoms with van der Waals surface area (Å²) >= 11 is 0. The summed E-state index contributed by atoms with van der Waals surface area (Å²) in [7, 11) is 0. The molecule has 3 nitrogen and oxygen atoms in total. The van der Waals surface area contributed by atoms with Crippen LogP contribution in [0.3, 0.4) is 0 Å². The van der Waals surface area contributed by atoms with Crippen LogP contribution >= 0.6 is 0 Å². The van der Waals surface area contributed by atoms with Gasteiger partial charge in [0.1, 0.15) is 11.6 Å².